The minimum Gasteiger partial charge on any atom is -0.473 e. The molecule has 2 amide bonds. The second-order valence-electron chi connectivity index (χ2n) is 5.79. The summed E-state index contributed by atoms with van der Waals surface area (Å²) in [5, 5.41) is 2.57. The number of rotatable bonds is 5. The third-order valence-corrected chi connectivity index (χ3v) is 4.07. The molecule has 1 N–H and O–H groups in total. The number of halogens is 1. The maximum atomic E-state index is 12.9. The molecule has 25 heavy (non-hydrogen) atoms. The Balaban J connectivity index is 1.61. The highest BCUT2D eigenvalue weighted by Crippen LogP contribution is 2.25. The van der Waals surface area contributed by atoms with Crippen LogP contribution in [0.25, 0.3) is 0 Å². The number of ether oxygens (including phenoxy) is 1. The molecule has 130 valence electrons. The van der Waals surface area contributed by atoms with E-state index >= 15 is 0 Å². The maximum absolute atomic E-state index is 12.9. The van der Waals surface area contributed by atoms with Gasteiger partial charge in [0, 0.05) is 26.1 Å². The van der Waals surface area contributed by atoms with E-state index in [1.54, 1.807) is 42.4 Å². The second kappa shape index (κ2) is 7.29. The summed E-state index contributed by atoms with van der Waals surface area (Å²) in [4.78, 5) is 29.5. The minimum absolute atomic E-state index is 0.101. The van der Waals surface area contributed by atoms with Crippen LogP contribution in [0, 0.1) is 11.7 Å². The van der Waals surface area contributed by atoms with Gasteiger partial charge in [0.1, 0.15) is 12.4 Å². The zero-order valence-electron chi connectivity index (χ0n) is 13.7. The first-order valence-corrected chi connectivity index (χ1v) is 7.92. The monoisotopic (exact) mass is 343 g/mol. The lowest BCUT2D eigenvalue weighted by molar-refractivity contribution is -0.125. The van der Waals surface area contributed by atoms with Gasteiger partial charge in [0.25, 0.3) is 0 Å². The summed E-state index contributed by atoms with van der Waals surface area (Å²) in [6.07, 6.45) is 1.74. The van der Waals surface area contributed by atoms with E-state index in [0.29, 0.717) is 18.1 Å². The van der Waals surface area contributed by atoms with Crippen LogP contribution < -0.4 is 15.0 Å². The van der Waals surface area contributed by atoms with Gasteiger partial charge in [0.2, 0.25) is 17.7 Å². The van der Waals surface area contributed by atoms with E-state index in [0.717, 1.165) is 5.56 Å². The Bertz CT molecular complexity index is 762. The summed E-state index contributed by atoms with van der Waals surface area (Å²) in [6.45, 7) is 0.615. The Labute approximate surface area is 144 Å². The number of carbonyl (C=O) groups is 2. The van der Waals surface area contributed by atoms with Crippen LogP contribution in [0.2, 0.25) is 0 Å². The molecule has 1 aliphatic rings. The highest BCUT2D eigenvalue weighted by molar-refractivity contribution is 6.00. The largest absolute Gasteiger partial charge is 0.473 e. The van der Waals surface area contributed by atoms with E-state index in [9.17, 15) is 14.0 Å². The first kappa shape index (κ1) is 16.9. The molecular weight excluding hydrogens is 325 g/mol. The van der Waals surface area contributed by atoms with Gasteiger partial charge in [-0.15, -0.1) is 0 Å². The third-order valence-electron chi connectivity index (χ3n) is 4.07. The van der Waals surface area contributed by atoms with Gasteiger partial charge in [-0.1, -0.05) is 12.1 Å². The summed E-state index contributed by atoms with van der Waals surface area (Å²) < 4.78 is 18.4. The molecule has 0 radical (unpaired) electrons. The molecule has 6 nitrogen and oxygen atoms in total. The molecule has 3 rings (SSSR count). The van der Waals surface area contributed by atoms with Gasteiger partial charge in [0.05, 0.1) is 17.8 Å². The topological polar surface area (TPSA) is 71.5 Å². The van der Waals surface area contributed by atoms with Crippen molar-refractivity contribution in [1.82, 2.24) is 10.3 Å². The number of benzene rings is 1. The van der Waals surface area contributed by atoms with Crippen molar-refractivity contribution in [1.29, 1.82) is 0 Å². The molecule has 1 aromatic heterocycles. The molecule has 1 aromatic carbocycles. The van der Waals surface area contributed by atoms with Crippen molar-refractivity contribution in [3.63, 3.8) is 0 Å². The van der Waals surface area contributed by atoms with Crippen molar-refractivity contribution in [2.45, 2.75) is 13.0 Å². The molecule has 0 aliphatic carbocycles. The number of carbonyl (C=O) groups excluding carboxylic acids is 2. The maximum Gasteiger partial charge on any atom is 0.227 e. The number of pyridine rings is 1. The highest BCUT2D eigenvalue weighted by Gasteiger charge is 2.34. The van der Waals surface area contributed by atoms with Crippen molar-refractivity contribution in [2.24, 2.45) is 5.92 Å². The van der Waals surface area contributed by atoms with Crippen LogP contribution in [-0.2, 0) is 16.2 Å². The van der Waals surface area contributed by atoms with Gasteiger partial charge in [0.15, 0.2) is 0 Å². The molecule has 0 unspecified atom stereocenters. The normalized spacial score (nSPS) is 16.8. The quantitative estimate of drug-likeness (QED) is 0.900. The first-order valence-electron chi connectivity index (χ1n) is 7.92. The zero-order chi connectivity index (χ0) is 17.8. The smallest absolute Gasteiger partial charge is 0.227 e. The Kier molecular flexibility index (Phi) is 4.92. The zero-order valence-corrected chi connectivity index (χ0v) is 13.7. The van der Waals surface area contributed by atoms with Crippen LogP contribution in [0.3, 0.4) is 0 Å². The predicted molar refractivity (Wildman–Crippen MR) is 89.5 cm³/mol. The number of nitrogens with one attached hydrogen (secondary N) is 1. The van der Waals surface area contributed by atoms with E-state index in [4.69, 9.17) is 4.74 Å². The van der Waals surface area contributed by atoms with Gasteiger partial charge >= 0.3 is 0 Å². The third kappa shape index (κ3) is 3.93. The van der Waals surface area contributed by atoms with E-state index in [1.807, 2.05) is 0 Å². The molecule has 1 saturated heterocycles. The molecule has 0 saturated carbocycles. The number of hydrogen-bond donors (Lipinski definition) is 1. The van der Waals surface area contributed by atoms with Crippen LogP contribution >= 0.6 is 0 Å². The van der Waals surface area contributed by atoms with Gasteiger partial charge in [-0.2, -0.15) is 0 Å². The van der Waals surface area contributed by atoms with E-state index in [1.165, 1.54) is 12.1 Å². The van der Waals surface area contributed by atoms with Crippen LogP contribution in [0.5, 0.6) is 5.88 Å². The van der Waals surface area contributed by atoms with E-state index in [-0.39, 0.29) is 36.6 Å². The Hall–Kier alpha value is -2.96. The summed E-state index contributed by atoms with van der Waals surface area (Å²) in [7, 11) is 1.56. The summed E-state index contributed by atoms with van der Waals surface area (Å²) >= 11 is 0. The summed E-state index contributed by atoms with van der Waals surface area (Å²) in [5.41, 5.74) is 1.46. The molecule has 1 aliphatic heterocycles. The van der Waals surface area contributed by atoms with Crippen molar-refractivity contribution < 1.29 is 18.7 Å². The van der Waals surface area contributed by atoms with Crippen LogP contribution in [0.4, 0.5) is 10.1 Å². The summed E-state index contributed by atoms with van der Waals surface area (Å²) in [5.74, 6) is -0.468. The lowest BCUT2D eigenvalue weighted by Crippen LogP contribution is -2.30. The average molecular weight is 343 g/mol. The lowest BCUT2D eigenvalue weighted by atomic mass is 10.1. The molecule has 2 aromatic rings. The molecule has 0 spiro atoms. The van der Waals surface area contributed by atoms with Crippen molar-refractivity contribution >= 4 is 17.5 Å². The van der Waals surface area contributed by atoms with Gasteiger partial charge < -0.3 is 15.0 Å². The number of aromatic nitrogens is 1. The van der Waals surface area contributed by atoms with E-state index in [2.05, 4.69) is 10.3 Å². The van der Waals surface area contributed by atoms with Crippen LogP contribution in [0.1, 0.15) is 12.0 Å². The second-order valence-corrected chi connectivity index (χ2v) is 5.79. The van der Waals surface area contributed by atoms with Gasteiger partial charge in [-0.3, -0.25) is 9.59 Å². The van der Waals surface area contributed by atoms with Crippen molar-refractivity contribution in [2.75, 3.05) is 18.5 Å². The minimum atomic E-state index is -0.341. The standard InChI is InChI=1S/C18H18FN3O3/c1-20-18(24)13-8-17(23)22(10-13)15-6-7-16(21-9-15)25-11-12-2-4-14(19)5-3-12/h2-7,9,13H,8,10-11H2,1H3,(H,20,24)/t13-/m0/s1. The molecular formula is C18H18FN3O3. The fraction of sp³-hybridized carbons (Fsp3) is 0.278. The Morgan fingerprint density at radius 1 is 1.32 bits per heavy atom. The molecule has 1 atom stereocenters. The first-order chi connectivity index (χ1) is 12.1. The fourth-order valence-corrected chi connectivity index (χ4v) is 2.69. The van der Waals surface area contributed by atoms with Crippen LogP contribution in [0.15, 0.2) is 42.6 Å². The molecule has 2 heterocycles. The van der Waals surface area contributed by atoms with Crippen LogP contribution in [-0.4, -0.2) is 30.4 Å². The number of amides is 2. The SMILES string of the molecule is CNC(=O)[C@H]1CC(=O)N(c2ccc(OCc3ccc(F)cc3)nc2)C1. The molecule has 7 heteroatoms. The fourth-order valence-electron chi connectivity index (χ4n) is 2.69. The highest BCUT2D eigenvalue weighted by atomic mass is 19.1. The number of anilines is 1. The number of hydrogen-bond acceptors (Lipinski definition) is 4. The summed E-state index contributed by atoms with van der Waals surface area (Å²) in [6, 6.07) is 9.43. The predicted octanol–water partition coefficient (Wildman–Crippen LogP) is 1.90. The van der Waals surface area contributed by atoms with Gasteiger partial charge in [-0.05, 0) is 23.8 Å². The number of nitrogens with zero attached hydrogens (tertiary/aromatic N) is 2. The van der Waals surface area contributed by atoms with Crippen molar-refractivity contribution in [3.8, 4) is 5.88 Å². The molecule has 0 bridgehead atoms. The Morgan fingerprint density at radius 2 is 2.08 bits per heavy atom. The average Bonchev–Trinajstić information content (AvgIpc) is 3.03. The van der Waals surface area contributed by atoms with Gasteiger partial charge in [-0.25, -0.2) is 9.37 Å². The lowest BCUT2D eigenvalue weighted by Gasteiger charge is -2.16. The molecule has 1 fully saturated rings. The van der Waals surface area contributed by atoms with Crippen molar-refractivity contribution in [3.05, 3.63) is 54.0 Å². The Morgan fingerprint density at radius 3 is 2.72 bits per heavy atom. The van der Waals surface area contributed by atoms with E-state index < -0.39 is 0 Å².